The summed E-state index contributed by atoms with van der Waals surface area (Å²) in [6, 6.07) is 20.3. The van der Waals surface area contributed by atoms with Crippen molar-refractivity contribution >= 4 is 0 Å². The van der Waals surface area contributed by atoms with Gasteiger partial charge in [0.05, 0.1) is 12.2 Å². The second-order valence-electron chi connectivity index (χ2n) is 7.37. The van der Waals surface area contributed by atoms with Crippen molar-refractivity contribution in [1.82, 2.24) is 9.80 Å². The number of piperazine rings is 1. The number of nitrogens with zero attached hydrogens (tertiary/aromatic N) is 2. The molecule has 0 bridgehead atoms. The Morgan fingerprint density at radius 2 is 1.25 bits per heavy atom. The fraction of sp³-hybridized carbons (Fsp3) is 0.478. The molecule has 1 heterocycles. The summed E-state index contributed by atoms with van der Waals surface area (Å²) in [6.07, 6.45) is -0.750. The lowest BCUT2D eigenvalue weighted by atomic mass is 10.0. The summed E-state index contributed by atoms with van der Waals surface area (Å²) < 4.78 is 11.3. The summed E-state index contributed by atoms with van der Waals surface area (Å²) in [5.74, 6) is 0. The van der Waals surface area contributed by atoms with Crippen LogP contribution in [0, 0.1) is 0 Å². The van der Waals surface area contributed by atoms with Crippen LogP contribution in [-0.2, 0) is 9.47 Å². The van der Waals surface area contributed by atoms with E-state index in [1.54, 1.807) is 14.2 Å². The van der Waals surface area contributed by atoms with E-state index < -0.39 is 6.10 Å². The maximum absolute atomic E-state index is 10.7. The number of aliphatic hydroxyl groups excluding tert-OH is 1. The number of hydrogen-bond donors (Lipinski definition) is 1. The van der Waals surface area contributed by atoms with Crippen LogP contribution in [0.3, 0.4) is 0 Å². The molecule has 3 atom stereocenters. The highest BCUT2D eigenvalue weighted by Gasteiger charge is 2.26. The molecule has 0 aromatic heterocycles. The minimum atomic E-state index is -0.546. The van der Waals surface area contributed by atoms with Gasteiger partial charge >= 0.3 is 0 Å². The number of rotatable bonds is 9. The summed E-state index contributed by atoms with van der Waals surface area (Å²) in [4.78, 5) is 4.76. The molecule has 0 amide bonds. The van der Waals surface area contributed by atoms with Crippen molar-refractivity contribution in [2.45, 2.75) is 18.3 Å². The van der Waals surface area contributed by atoms with Gasteiger partial charge in [0.2, 0.25) is 0 Å². The van der Waals surface area contributed by atoms with Gasteiger partial charge in [-0.15, -0.1) is 0 Å². The van der Waals surface area contributed by atoms with Crippen LogP contribution >= 0.6 is 0 Å². The van der Waals surface area contributed by atoms with Crippen LogP contribution in [0.5, 0.6) is 0 Å². The molecule has 1 saturated heterocycles. The highest BCUT2D eigenvalue weighted by atomic mass is 16.5. The molecule has 5 heteroatoms. The number of hydrogen-bond acceptors (Lipinski definition) is 5. The Kier molecular flexibility index (Phi) is 8.01. The van der Waals surface area contributed by atoms with E-state index in [9.17, 15) is 5.11 Å². The Bertz CT molecular complexity index is 675. The third-order valence-electron chi connectivity index (χ3n) is 5.52. The van der Waals surface area contributed by atoms with E-state index in [1.165, 1.54) is 5.56 Å². The first-order valence-corrected chi connectivity index (χ1v) is 9.99. The monoisotopic (exact) mass is 384 g/mol. The number of methoxy groups -OCH3 is 2. The highest BCUT2D eigenvalue weighted by molar-refractivity contribution is 5.19. The molecule has 28 heavy (non-hydrogen) atoms. The molecular weight excluding hydrogens is 352 g/mol. The van der Waals surface area contributed by atoms with Gasteiger partial charge in [-0.1, -0.05) is 60.7 Å². The zero-order chi connectivity index (χ0) is 19.8. The minimum Gasteiger partial charge on any atom is -0.389 e. The Morgan fingerprint density at radius 3 is 1.75 bits per heavy atom. The Morgan fingerprint density at radius 1 is 0.750 bits per heavy atom. The van der Waals surface area contributed by atoms with E-state index in [2.05, 4.69) is 34.1 Å². The zero-order valence-corrected chi connectivity index (χ0v) is 16.9. The molecule has 2 aromatic rings. The van der Waals surface area contributed by atoms with Crippen molar-refractivity contribution in [2.24, 2.45) is 0 Å². The van der Waals surface area contributed by atoms with Crippen molar-refractivity contribution in [3.8, 4) is 0 Å². The van der Waals surface area contributed by atoms with Crippen LogP contribution in [0.4, 0.5) is 0 Å². The molecular formula is C23H32N2O3. The Labute approximate surface area is 168 Å². The van der Waals surface area contributed by atoms with E-state index in [0.717, 1.165) is 38.3 Å². The van der Waals surface area contributed by atoms with Gasteiger partial charge in [-0.3, -0.25) is 9.80 Å². The number of aliphatic hydroxyl groups is 1. The summed E-state index contributed by atoms with van der Waals surface area (Å²) in [6.45, 7) is 5.33. The number of benzene rings is 2. The van der Waals surface area contributed by atoms with Crippen molar-refractivity contribution in [3.63, 3.8) is 0 Å². The minimum absolute atomic E-state index is 0.0919. The van der Waals surface area contributed by atoms with Crippen LogP contribution in [-0.4, -0.2) is 74.5 Å². The molecule has 0 saturated carbocycles. The van der Waals surface area contributed by atoms with E-state index in [0.29, 0.717) is 6.54 Å². The van der Waals surface area contributed by atoms with Gasteiger partial charge in [0.15, 0.2) is 0 Å². The normalized spacial score (nSPS) is 19.2. The predicted octanol–water partition coefficient (Wildman–Crippen LogP) is 2.74. The van der Waals surface area contributed by atoms with E-state index >= 15 is 0 Å². The predicted molar refractivity (Wildman–Crippen MR) is 111 cm³/mol. The third kappa shape index (κ3) is 5.63. The second-order valence-corrected chi connectivity index (χ2v) is 7.37. The fourth-order valence-electron chi connectivity index (χ4n) is 3.89. The van der Waals surface area contributed by atoms with Gasteiger partial charge in [-0.2, -0.15) is 0 Å². The summed E-state index contributed by atoms with van der Waals surface area (Å²) in [5, 5.41) is 10.7. The van der Waals surface area contributed by atoms with Crippen molar-refractivity contribution in [1.29, 1.82) is 0 Å². The fourth-order valence-corrected chi connectivity index (χ4v) is 3.89. The quantitative estimate of drug-likeness (QED) is 0.720. The summed E-state index contributed by atoms with van der Waals surface area (Å²) in [5.41, 5.74) is 2.23. The maximum atomic E-state index is 10.7. The van der Waals surface area contributed by atoms with E-state index in [1.807, 2.05) is 36.4 Å². The smallest absolute Gasteiger partial charge is 0.109 e. The molecule has 3 rings (SSSR count). The highest BCUT2D eigenvalue weighted by Crippen LogP contribution is 2.22. The first-order chi connectivity index (χ1) is 13.7. The SMILES string of the molecule is CO[C@H](c1ccccc1)[C@H](O)CN1CCN(C[C@@H](OC)c2ccccc2)CC1. The van der Waals surface area contributed by atoms with Crippen LogP contribution < -0.4 is 0 Å². The molecule has 0 spiro atoms. The number of ether oxygens (including phenoxy) is 2. The lowest BCUT2D eigenvalue weighted by Gasteiger charge is -2.37. The summed E-state index contributed by atoms with van der Waals surface area (Å²) in [7, 11) is 3.44. The molecule has 1 N–H and O–H groups in total. The Hall–Kier alpha value is -1.76. The molecule has 152 valence electrons. The van der Waals surface area contributed by atoms with Gasteiger partial charge in [0.1, 0.15) is 6.10 Å². The first-order valence-electron chi connectivity index (χ1n) is 9.99. The Balaban J connectivity index is 1.48. The van der Waals surface area contributed by atoms with Crippen LogP contribution in [0.2, 0.25) is 0 Å². The zero-order valence-electron chi connectivity index (χ0n) is 16.9. The van der Waals surface area contributed by atoms with Gasteiger partial charge in [-0.25, -0.2) is 0 Å². The van der Waals surface area contributed by atoms with Crippen molar-refractivity contribution in [3.05, 3.63) is 71.8 Å². The average molecular weight is 385 g/mol. The topological polar surface area (TPSA) is 45.2 Å². The molecule has 5 nitrogen and oxygen atoms in total. The van der Waals surface area contributed by atoms with Gasteiger partial charge in [0.25, 0.3) is 0 Å². The van der Waals surface area contributed by atoms with Crippen molar-refractivity contribution < 1.29 is 14.6 Å². The van der Waals surface area contributed by atoms with Gasteiger partial charge in [0, 0.05) is 53.5 Å². The molecule has 0 unspecified atom stereocenters. The number of β-amino-alcohol motifs (C(OH)–C–C–N with tert-alkyl or cyclic N) is 1. The van der Waals surface area contributed by atoms with Gasteiger partial charge in [-0.05, 0) is 11.1 Å². The van der Waals surface area contributed by atoms with Gasteiger partial charge < -0.3 is 14.6 Å². The molecule has 1 aliphatic rings. The van der Waals surface area contributed by atoms with Crippen LogP contribution in [0.25, 0.3) is 0 Å². The third-order valence-corrected chi connectivity index (χ3v) is 5.52. The molecule has 2 aromatic carbocycles. The summed E-state index contributed by atoms with van der Waals surface area (Å²) >= 11 is 0. The van der Waals surface area contributed by atoms with Crippen LogP contribution in [0.1, 0.15) is 23.3 Å². The van der Waals surface area contributed by atoms with Crippen LogP contribution in [0.15, 0.2) is 60.7 Å². The molecule has 1 aliphatic heterocycles. The molecule has 0 aliphatic carbocycles. The molecule has 1 fully saturated rings. The van der Waals surface area contributed by atoms with E-state index in [4.69, 9.17) is 9.47 Å². The largest absolute Gasteiger partial charge is 0.389 e. The molecule has 0 radical (unpaired) electrons. The standard InChI is InChI=1S/C23H32N2O3/c1-27-22(19-9-5-3-6-10-19)18-25-15-13-24(14-16-25)17-21(26)23(28-2)20-11-7-4-8-12-20/h3-12,21-23,26H,13-18H2,1-2H3/t21-,22-,23-/m1/s1. The lowest BCUT2D eigenvalue weighted by molar-refractivity contribution is -0.0376. The average Bonchev–Trinajstić information content (AvgIpc) is 2.75. The second kappa shape index (κ2) is 10.7. The first kappa shape index (κ1) is 21.0. The lowest BCUT2D eigenvalue weighted by Crippen LogP contribution is -2.50. The van der Waals surface area contributed by atoms with Crippen molar-refractivity contribution in [2.75, 3.05) is 53.5 Å². The van der Waals surface area contributed by atoms with E-state index in [-0.39, 0.29) is 12.2 Å². The maximum Gasteiger partial charge on any atom is 0.109 e.